The number of hydrogen-bond acceptors (Lipinski definition) is 24. The zero-order chi connectivity index (χ0) is 91.0. The number of alkyl halides is 3. The van der Waals surface area contributed by atoms with E-state index in [9.17, 15) is 50.2 Å². The minimum atomic E-state index is -5.93. The molecule has 670 valence electrons. The Morgan fingerprint density at radius 2 is 0.712 bits per heavy atom. The standard InChI is InChI=1S/C30H32Cl2N3O6PS.C21H22Cl2N2O2S.C17H19Cl2N3O4S.C16H16F3O6PS/c1-21(2)28-29(43-26-14-24(31)13-25(32)15-26)35(27(34-28)18-39-30(33)36)19-38-20-42(37,40-16-22-9-5-3-6-10-22)41-17-23-11-7-4-8-12-23;1-14(2)20-21(28-18-9-16(22)8-17(23)10-18)25(13-26)19(24-20)12-27-11-15-6-4-3-5-7-15;1-9(2)15-16(27-13-5-11(18)4-12(19)6-13)22(8-26-10(3)23)14(21-15)7-25-17(20)24;17-16(18,19)27(21,22)25-13-26(20,23-11-14-7-3-1-4-8-14)24-12-15-9-5-2-6-10-15/h3-15,21H,16-20H2,1-2H3,(H2,33,36);3-10,14,26H,11-13H2,1-2H3;4-6,9H,7-8H2,1-3H3,(H2,20,24);1-10H,11-13H2. The number of imidazole rings is 3. The topological polar surface area (TPSA) is 338 Å². The van der Waals surface area contributed by atoms with Gasteiger partial charge in [0.25, 0.3) is 0 Å². The number of benzene rings is 8. The van der Waals surface area contributed by atoms with Crippen molar-refractivity contribution in [2.45, 2.75) is 175 Å². The lowest BCUT2D eigenvalue weighted by Crippen LogP contribution is -2.26. The number of rotatable bonds is 39. The van der Waals surface area contributed by atoms with E-state index >= 15 is 0 Å². The first-order chi connectivity index (χ1) is 59.4. The number of carbonyl (C=O) groups excluding carboxylic acids is 3. The molecule has 41 heteroatoms. The predicted octanol–water partition coefficient (Wildman–Crippen LogP) is 23.8. The van der Waals surface area contributed by atoms with E-state index < -0.39 is 55.3 Å². The van der Waals surface area contributed by atoms with Crippen molar-refractivity contribution in [3.05, 3.63) is 299 Å². The van der Waals surface area contributed by atoms with Gasteiger partial charge in [0, 0.05) is 51.7 Å². The van der Waals surface area contributed by atoms with Gasteiger partial charge in [-0.05, 0) is 100 Å². The first kappa shape index (κ1) is 102. The third kappa shape index (κ3) is 34.2. The Balaban J connectivity index is 0.000000211. The van der Waals surface area contributed by atoms with Gasteiger partial charge in [0.15, 0.2) is 38.5 Å². The Morgan fingerprint density at radius 1 is 0.424 bits per heavy atom. The highest BCUT2D eigenvalue weighted by atomic mass is 35.5. The van der Waals surface area contributed by atoms with E-state index in [1.807, 2.05) is 131 Å². The molecule has 0 bridgehead atoms. The quantitative estimate of drug-likeness (QED) is 0.0106. The van der Waals surface area contributed by atoms with Gasteiger partial charge in [0.2, 0.25) is 0 Å². The van der Waals surface area contributed by atoms with Gasteiger partial charge >= 0.3 is 49.0 Å². The normalized spacial score (nSPS) is 11.7. The number of nitrogens with two attached hydrogens (primary N) is 2. The minimum absolute atomic E-state index is 0.000227. The molecule has 0 unspecified atom stereocenters. The largest absolute Gasteiger partial charge is 0.523 e. The van der Waals surface area contributed by atoms with Gasteiger partial charge in [-0.15, -0.1) is 0 Å². The third-order valence-electron chi connectivity index (χ3n) is 16.6. The smallest absolute Gasteiger partial charge is 0.444 e. The number of halogens is 9. The van der Waals surface area contributed by atoms with Gasteiger partial charge in [0.1, 0.15) is 46.8 Å². The summed E-state index contributed by atoms with van der Waals surface area (Å²) in [5.41, 5.74) is 11.0. The summed E-state index contributed by atoms with van der Waals surface area (Å²) in [6.45, 7) is 13.1. The van der Waals surface area contributed by atoms with Crippen LogP contribution in [0.25, 0.3) is 0 Å². The second-order valence-electron chi connectivity index (χ2n) is 27.5. The summed E-state index contributed by atoms with van der Waals surface area (Å²) in [5, 5.41) is 15.4. The van der Waals surface area contributed by atoms with Crippen molar-refractivity contribution in [1.82, 2.24) is 28.7 Å². The second kappa shape index (κ2) is 50.1. The van der Waals surface area contributed by atoms with Crippen LogP contribution >= 0.6 is 120 Å². The molecule has 0 aliphatic rings. The van der Waals surface area contributed by atoms with Crippen molar-refractivity contribution in [2.24, 2.45) is 11.5 Å². The molecule has 0 fully saturated rings. The maximum atomic E-state index is 13.9. The van der Waals surface area contributed by atoms with E-state index in [-0.39, 0.29) is 83.9 Å². The molecule has 0 aliphatic carbocycles. The Hall–Kier alpha value is -7.93. The fraction of sp³-hybridized carbons (Fsp3) is 0.286. The van der Waals surface area contributed by atoms with Crippen LogP contribution in [0.15, 0.2) is 236 Å². The van der Waals surface area contributed by atoms with E-state index in [2.05, 4.69) is 23.0 Å². The summed E-state index contributed by atoms with van der Waals surface area (Å²) in [5.74, 6) is 1.31. The fourth-order valence-corrected chi connectivity index (χ4v) is 19.8. The molecule has 0 saturated heterocycles. The molecule has 3 aromatic heterocycles. The number of primary amides is 2. The van der Waals surface area contributed by atoms with Crippen molar-refractivity contribution in [3.8, 4) is 0 Å². The summed E-state index contributed by atoms with van der Waals surface area (Å²) in [6.07, 6.45) is -3.59. The number of hydrogen-bond donors (Lipinski definition) is 3. The Bertz CT molecular complexity index is 5400. The predicted molar refractivity (Wildman–Crippen MR) is 475 cm³/mol. The SMILES string of the molecule is CC(=O)OCn1c(COC(N)=O)nc(C(C)C)c1Sc1cc(Cl)cc(Cl)c1.CC(C)c1nc(COC(N)=O)n(COCP(=O)(OCc2ccccc2)OCc2ccccc2)c1Sc1cc(Cl)cc(Cl)c1.CC(C)c1nc(COCc2ccccc2)n(CO)c1Sc1cc(Cl)cc(Cl)c1.O=P(COS(=O)(=O)C(F)(F)F)(OCc1ccccc1)OCc1ccccc1. The van der Waals surface area contributed by atoms with Crippen LogP contribution in [0.4, 0.5) is 22.8 Å². The van der Waals surface area contributed by atoms with Gasteiger partial charge in [-0.3, -0.25) is 31.8 Å². The average molecular weight is 1960 g/mol. The van der Waals surface area contributed by atoms with Crippen molar-refractivity contribution in [1.29, 1.82) is 0 Å². The van der Waals surface area contributed by atoms with Crippen LogP contribution in [0.3, 0.4) is 0 Å². The van der Waals surface area contributed by atoms with E-state index in [1.54, 1.807) is 117 Å². The van der Waals surface area contributed by atoms with Gasteiger partial charge in [-0.2, -0.15) is 21.6 Å². The molecular formula is C84H89Cl6F3N8O18P2S4. The Morgan fingerprint density at radius 3 is 1.00 bits per heavy atom. The van der Waals surface area contributed by atoms with Crippen molar-refractivity contribution >= 4 is 148 Å². The first-order valence-corrected chi connectivity index (χ1v) is 47.3. The molecule has 2 amide bonds. The molecule has 0 spiro atoms. The highest BCUT2D eigenvalue weighted by Crippen LogP contribution is 2.52. The fourth-order valence-electron chi connectivity index (χ4n) is 10.7. The minimum Gasteiger partial charge on any atom is -0.444 e. The van der Waals surface area contributed by atoms with Crippen LogP contribution in [0.1, 0.15) is 129 Å². The lowest BCUT2D eigenvalue weighted by atomic mass is 10.1. The lowest BCUT2D eigenvalue weighted by molar-refractivity contribution is -0.145. The van der Waals surface area contributed by atoms with Gasteiger partial charge in [-0.25, -0.2) is 24.5 Å². The first-order valence-electron chi connectivity index (χ1n) is 37.7. The van der Waals surface area contributed by atoms with Crippen molar-refractivity contribution in [3.63, 3.8) is 0 Å². The number of carbonyl (C=O) groups is 3. The number of aromatic nitrogens is 6. The van der Waals surface area contributed by atoms with Crippen LogP contribution in [0.2, 0.25) is 30.1 Å². The molecule has 3 heterocycles. The molecular weight excluding hydrogens is 1870 g/mol. The summed E-state index contributed by atoms with van der Waals surface area (Å²) in [7, 11) is -14.0. The molecule has 0 radical (unpaired) electrons. The van der Waals surface area contributed by atoms with Gasteiger partial charge in [0.05, 0.1) is 50.1 Å². The summed E-state index contributed by atoms with van der Waals surface area (Å²) in [4.78, 5) is 50.2. The third-order valence-corrected chi connectivity index (χ3v) is 25.4. The second-order valence-corrected chi connectivity index (χ2v) is 38.9. The summed E-state index contributed by atoms with van der Waals surface area (Å²) < 4.78 is 144. The molecule has 0 atom stereocenters. The number of nitrogens with zero attached hydrogens (tertiary/aromatic N) is 6. The van der Waals surface area contributed by atoms with Crippen LogP contribution in [-0.2, 0) is 143 Å². The van der Waals surface area contributed by atoms with Crippen LogP contribution < -0.4 is 11.5 Å². The van der Waals surface area contributed by atoms with Crippen LogP contribution in [-0.4, -0.2) is 78.5 Å². The molecule has 0 saturated carbocycles. The van der Waals surface area contributed by atoms with E-state index in [4.69, 9.17) is 133 Å². The monoisotopic (exact) mass is 1950 g/mol. The van der Waals surface area contributed by atoms with Crippen LogP contribution in [0.5, 0.6) is 0 Å². The lowest BCUT2D eigenvalue weighted by Gasteiger charge is -2.20. The van der Waals surface area contributed by atoms with Crippen molar-refractivity contribution < 1.29 is 96.2 Å². The number of ether oxygens (including phenoxy) is 5. The molecule has 8 aromatic carbocycles. The van der Waals surface area contributed by atoms with E-state index in [0.29, 0.717) is 77.0 Å². The molecule has 125 heavy (non-hydrogen) atoms. The van der Waals surface area contributed by atoms with Gasteiger partial charge in [-0.1, -0.05) is 298 Å². The van der Waals surface area contributed by atoms with Crippen molar-refractivity contribution in [2.75, 3.05) is 12.7 Å². The van der Waals surface area contributed by atoms with Gasteiger partial charge < -0.3 is 58.4 Å². The molecule has 26 nitrogen and oxygen atoms in total. The zero-order valence-corrected chi connectivity index (χ0v) is 77.8. The van der Waals surface area contributed by atoms with E-state index in [0.717, 1.165) is 58.5 Å². The summed E-state index contributed by atoms with van der Waals surface area (Å²) in [6, 6.07) is 61.2. The highest BCUT2D eigenvalue weighted by molar-refractivity contribution is 7.99. The average Bonchev–Trinajstić information content (AvgIpc) is 1.67. The number of esters is 1. The number of aliphatic hydroxyl groups excluding tert-OH is 1. The maximum absolute atomic E-state index is 13.9. The maximum Gasteiger partial charge on any atom is 0.523 e. The van der Waals surface area contributed by atoms with E-state index in [1.165, 1.54) is 42.2 Å². The zero-order valence-electron chi connectivity index (χ0n) is 68.2. The number of amides is 2. The highest BCUT2D eigenvalue weighted by Gasteiger charge is 2.49. The molecule has 11 aromatic rings. The molecule has 11 rings (SSSR count). The summed E-state index contributed by atoms with van der Waals surface area (Å²) >= 11 is 41.2. The molecule has 0 aliphatic heterocycles. The van der Waals surface area contributed by atoms with Crippen LogP contribution in [0, 0.1) is 0 Å². The Labute approximate surface area is 764 Å². The number of aliphatic hydroxyl groups is 1. The molecule has 5 N–H and O–H groups in total. The Kier molecular flexibility index (Phi) is 41.1.